The van der Waals surface area contributed by atoms with Crippen LogP contribution in [0.5, 0.6) is 0 Å². The third-order valence-electron chi connectivity index (χ3n) is 3.76. The van der Waals surface area contributed by atoms with Gasteiger partial charge in [-0.25, -0.2) is 0 Å². The van der Waals surface area contributed by atoms with Gasteiger partial charge in [0, 0.05) is 19.1 Å². The molecule has 2 aliphatic rings. The molecule has 0 N–H and O–H groups in total. The van der Waals surface area contributed by atoms with Crippen LogP contribution in [0.4, 0.5) is 0 Å². The van der Waals surface area contributed by atoms with Crippen LogP contribution in [-0.2, 0) is 9.47 Å². The molecule has 86 valence electrons. The zero-order valence-electron chi connectivity index (χ0n) is 9.69. The smallest absolute Gasteiger partial charge is 0.0878 e. The molecule has 0 radical (unpaired) electrons. The van der Waals surface area contributed by atoms with Crippen LogP contribution in [0.25, 0.3) is 0 Å². The van der Waals surface area contributed by atoms with E-state index in [2.05, 4.69) is 31.2 Å². The van der Waals surface area contributed by atoms with Gasteiger partial charge in [0.25, 0.3) is 0 Å². The Hall–Kier alpha value is -0.860. The van der Waals surface area contributed by atoms with Crippen molar-refractivity contribution in [3.05, 3.63) is 35.4 Å². The third-order valence-corrected chi connectivity index (χ3v) is 3.76. The summed E-state index contributed by atoms with van der Waals surface area (Å²) in [4.78, 5) is 0. The van der Waals surface area contributed by atoms with Gasteiger partial charge in [0.05, 0.1) is 12.2 Å². The summed E-state index contributed by atoms with van der Waals surface area (Å²) < 4.78 is 11.7. The SMILES string of the molecule is Cc1ccc([C@@H]2OCC[C@@H]3OCC[C@@H]32)cc1. The molecule has 1 aromatic rings. The number of fused-ring (bicyclic) bond motifs is 1. The highest BCUT2D eigenvalue weighted by atomic mass is 16.5. The van der Waals surface area contributed by atoms with Crippen molar-refractivity contribution < 1.29 is 9.47 Å². The molecular formula is C14H18O2. The highest BCUT2D eigenvalue weighted by Gasteiger charge is 2.39. The van der Waals surface area contributed by atoms with E-state index < -0.39 is 0 Å². The van der Waals surface area contributed by atoms with E-state index >= 15 is 0 Å². The fourth-order valence-corrected chi connectivity index (χ4v) is 2.84. The maximum Gasteiger partial charge on any atom is 0.0878 e. The summed E-state index contributed by atoms with van der Waals surface area (Å²) in [6, 6.07) is 8.72. The molecule has 0 amide bonds. The first-order valence-electron chi connectivity index (χ1n) is 6.14. The summed E-state index contributed by atoms with van der Waals surface area (Å²) in [5.74, 6) is 0.566. The van der Waals surface area contributed by atoms with Crippen LogP contribution in [0.15, 0.2) is 24.3 Å². The maximum absolute atomic E-state index is 5.94. The Balaban J connectivity index is 1.85. The summed E-state index contributed by atoms with van der Waals surface area (Å²) in [5, 5.41) is 0. The van der Waals surface area contributed by atoms with E-state index in [1.807, 2.05) is 0 Å². The molecule has 0 saturated carbocycles. The molecule has 2 heteroatoms. The summed E-state index contributed by atoms with van der Waals surface area (Å²) in [6.07, 6.45) is 2.89. The van der Waals surface area contributed by atoms with Gasteiger partial charge in [-0.1, -0.05) is 29.8 Å². The summed E-state index contributed by atoms with van der Waals surface area (Å²) in [5.41, 5.74) is 2.62. The molecular weight excluding hydrogens is 200 g/mol. The Labute approximate surface area is 96.6 Å². The molecule has 0 bridgehead atoms. The van der Waals surface area contributed by atoms with E-state index in [1.54, 1.807) is 0 Å². The van der Waals surface area contributed by atoms with Gasteiger partial charge in [0.2, 0.25) is 0 Å². The molecule has 16 heavy (non-hydrogen) atoms. The molecule has 0 aliphatic carbocycles. The number of hydrogen-bond acceptors (Lipinski definition) is 2. The predicted octanol–water partition coefficient (Wildman–Crippen LogP) is 2.86. The lowest BCUT2D eigenvalue weighted by Gasteiger charge is -2.33. The van der Waals surface area contributed by atoms with Crippen molar-refractivity contribution >= 4 is 0 Å². The fraction of sp³-hybridized carbons (Fsp3) is 0.571. The fourth-order valence-electron chi connectivity index (χ4n) is 2.84. The molecule has 2 heterocycles. The molecule has 1 aromatic carbocycles. The lowest BCUT2D eigenvalue weighted by atomic mass is 9.86. The molecule has 2 aliphatic heterocycles. The van der Waals surface area contributed by atoms with Crippen LogP contribution >= 0.6 is 0 Å². The second-order valence-electron chi connectivity index (χ2n) is 4.85. The van der Waals surface area contributed by atoms with Crippen molar-refractivity contribution in [3.8, 4) is 0 Å². The van der Waals surface area contributed by atoms with Gasteiger partial charge in [-0.2, -0.15) is 0 Å². The van der Waals surface area contributed by atoms with Gasteiger partial charge < -0.3 is 9.47 Å². The molecule has 0 spiro atoms. The lowest BCUT2D eigenvalue weighted by molar-refractivity contribution is -0.0760. The van der Waals surface area contributed by atoms with Crippen LogP contribution in [0, 0.1) is 12.8 Å². The van der Waals surface area contributed by atoms with Gasteiger partial charge in [-0.05, 0) is 25.3 Å². The number of ether oxygens (including phenoxy) is 2. The monoisotopic (exact) mass is 218 g/mol. The van der Waals surface area contributed by atoms with Gasteiger partial charge in [-0.15, -0.1) is 0 Å². The molecule has 0 unspecified atom stereocenters. The quantitative estimate of drug-likeness (QED) is 0.721. The van der Waals surface area contributed by atoms with Gasteiger partial charge >= 0.3 is 0 Å². The largest absolute Gasteiger partial charge is 0.378 e. The normalized spacial score (nSPS) is 33.7. The zero-order chi connectivity index (χ0) is 11.0. The summed E-state index contributed by atoms with van der Waals surface area (Å²) in [7, 11) is 0. The van der Waals surface area contributed by atoms with E-state index in [0.29, 0.717) is 12.0 Å². The Morgan fingerprint density at radius 2 is 1.75 bits per heavy atom. The van der Waals surface area contributed by atoms with E-state index in [1.165, 1.54) is 11.1 Å². The van der Waals surface area contributed by atoms with Crippen LogP contribution < -0.4 is 0 Å². The molecule has 3 rings (SSSR count). The van der Waals surface area contributed by atoms with Crippen molar-refractivity contribution in [2.75, 3.05) is 13.2 Å². The predicted molar refractivity (Wildman–Crippen MR) is 62.3 cm³/mol. The molecule has 2 fully saturated rings. The minimum absolute atomic E-state index is 0.252. The van der Waals surface area contributed by atoms with Crippen LogP contribution in [0.1, 0.15) is 30.1 Å². The first-order valence-corrected chi connectivity index (χ1v) is 6.14. The molecule has 2 nitrogen and oxygen atoms in total. The van der Waals surface area contributed by atoms with Crippen molar-refractivity contribution in [3.63, 3.8) is 0 Å². The second-order valence-corrected chi connectivity index (χ2v) is 4.85. The van der Waals surface area contributed by atoms with E-state index in [0.717, 1.165) is 26.1 Å². The van der Waals surface area contributed by atoms with Crippen LogP contribution in [0.3, 0.4) is 0 Å². The Morgan fingerprint density at radius 1 is 1.00 bits per heavy atom. The highest BCUT2D eigenvalue weighted by Crippen LogP contribution is 2.40. The standard InChI is InChI=1S/C14H18O2/c1-10-2-4-11(5-3-10)14-12-6-8-15-13(12)7-9-16-14/h2-5,12-14H,6-9H2,1H3/t12-,13-,14-/m0/s1. The summed E-state index contributed by atoms with van der Waals surface area (Å²) >= 11 is 0. The third kappa shape index (κ3) is 1.76. The second kappa shape index (κ2) is 4.19. The summed E-state index contributed by atoms with van der Waals surface area (Å²) in [6.45, 7) is 3.85. The van der Waals surface area contributed by atoms with E-state index in [-0.39, 0.29) is 6.10 Å². The molecule has 3 atom stereocenters. The maximum atomic E-state index is 5.94. The van der Waals surface area contributed by atoms with Crippen molar-refractivity contribution in [1.29, 1.82) is 0 Å². The van der Waals surface area contributed by atoms with Crippen LogP contribution in [-0.4, -0.2) is 19.3 Å². The average Bonchev–Trinajstić information content (AvgIpc) is 2.78. The van der Waals surface area contributed by atoms with E-state index in [9.17, 15) is 0 Å². The van der Waals surface area contributed by atoms with Crippen LogP contribution in [0.2, 0.25) is 0 Å². The number of hydrogen-bond donors (Lipinski definition) is 0. The number of benzene rings is 1. The highest BCUT2D eigenvalue weighted by molar-refractivity contribution is 5.24. The van der Waals surface area contributed by atoms with Gasteiger partial charge in [-0.3, -0.25) is 0 Å². The number of rotatable bonds is 1. The van der Waals surface area contributed by atoms with Crippen molar-refractivity contribution in [1.82, 2.24) is 0 Å². The average molecular weight is 218 g/mol. The zero-order valence-corrected chi connectivity index (χ0v) is 9.69. The van der Waals surface area contributed by atoms with Gasteiger partial charge in [0.15, 0.2) is 0 Å². The lowest BCUT2D eigenvalue weighted by Crippen LogP contribution is -2.31. The minimum atomic E-state index is 0.252. The first kappa shape index (κ1) is 10.3. The van der Waals surface area contributed by atoms with Crippen molar-refractivity contribution in [2.24, 2.45) is 5.92 Å². The van der Waals surface area contributed by atoms with Gasteiger partial charge in [0.1, 0.15) is 0 Å². The van der Waals surface area contributed by atoms with E-state index in [4.69, 9.17) is 9.47 Å². The Bertz CT molecular complexity index is 358. The molecule has 0 aromatic heterocycles. The number of aryl methyl sites for hydroxylation is 1. The molecule has 2 saturated heterocycles. The van der Waals surface area contributed by atoms with Crippen molar-refractivity contribution in [2.45, 2.75) is 32.0 Å². The minimum Gasteiger partial charge on any atom is -0.378 e. The first-order chi connectivity index (χ1) is 7.84. The Morgan fingerprint density at radius 3 is 2.56 bits per heavy atom. The topological polar surface area (TPSA) is 18.5 Å². The Kier molecular flexibility index (Phi) is 2.70.